The van der Waals surface area contributed by atoms with Gasteiger partial charge in [-0.05, 0) is 26.2 Å². The van der Waals surface area contributed by atoms with Gasteiger partial charge in [0.15, 0.2) is 0 Å². The summed E-state index contributed by atoms with van der Waals surface area (Å²) in [5.74, 6) is 0.228. The molecule has 0 amide bonds. The third kappa shape index (κ3) is 3.10. The van der Waals surface area contributed by atoms with Crippen molar-refractivity contribution in [1.82, 2.24) is 5.32 Å². The molecular weight excluding hydrogens is 153 g/mol. The molecule has 1 N–H and O–H groups in total. The third-order valence-corrected chi connectivity index (χ3v) is 2.29. The largest absolute Gasteiger partial charge is 0.309 e. The number of piperidine rings is 1. The molecule has 1 heterocycles. The van der Waals surface area contributed by atoms with E-state index in [1.165, 1.54) is 0 Å². The van der Waals surface area contributed by atoms with E-state index < -0.39 is 6.17 Å². The van der Waals surface area contributed by atoms with Crippen LogP contribution in [-0.2, 0) is 0 Å². The summed E-state index contributed by atoms with van der Waals surface area (Å²) in [6.07, 6.45) is 0.308. The highest BCUT2D eigenvalue weighted by atomic mass is 19.1. The number of hydrogen-bond donors (Lipinski definition) is 1. The fraction of sp³-hybridized carbons (Fsp3) is 1.00. The monoisotopic (exact) mass is 175 g/mol. The zero-order chi connectivity index (χ0) is 9.72. The van der Waals surface area contributed by atoms with Gasteiger partial charge in [0, 0.05) is 12.1 Å². The van der Waals surface area contributed by atoms with Gasteiger partial charge in [-0.1, -0.05) is 20.8 Å². The molecule has 1 saturated heterocycles. The fourth-order valence-corrected chi connectivity index (χ4v) is 1.79. The molecule has 0 aliphatic carbocycles. The van der Waals surface area contributed by atoms with E-state index in [2.05, 4.69) is 12.2 Å². The molecule has 0 saturated carbocycles. The smallest absolute Gasteiger partial charge is 0.118 e. The first kappa shape index (κ1) is 11.9. The first-order valence-electron chi connectivity index (χ1n) is 5.01. The second-order valence-electron chi connectivity index (χ2n) is 3.51. The van der Waals surface area contributed by atoms with Crippen LogP contribution in [0.3, 0.4) is 0 Å². The quantitative estimate of drug-likeness (QED) is 0.597. The molecule has 1 aliphatic rings. The highest BCUT2D eigenvalue weighted by molar-refractivity contribution is 4.86. The Labute approximate surface area is 75.7 Å². The van der Waals surface area contributed by atoms with Crippen LogP contribution in [0.1, 0.15) is 41.0 Å². The van der Waals surface area contributed by atoms with Gasteiger partial charge in [-0.25, -0.2) is 4.39 Å². The lowest BCUT2D eigenvalue weighted by Crippen LogP contribution is -2.49. The minimum atomic E-state index is -0.656. The molecule has 0 spiro atoms. The number of halogens is 1. The summed E-state index contributed by atoms with van der Waals surface area (Å²) in [6.45, 7) is 10.0. The summed E-state index contributed by atoms with van der Waals surface area (Å²) in [6, 6.07) is 0.524. The van der Waals surface area contributed by atoms with Crippen LogP contribution in [-0.4, -0.2) is 18.3 Å². The zero-order valence-electron chi connectivity index (χ0n) is 8.89. The molecule has 12 heavy (non-hydrogen) atoms. The first-order valence-corrected chi connectivity index (χ1v) is 5.01. The molecule has 0 radical (unpaired) electrons. The predicted octanol–water partition coefficient (Wildman–Crippen LogP) is 2.76. The lowest BCUT2D eigenvalue weighted by Gasteiger charge is -2.34. The molecule has 4 atom stereocenters. The lowest BCUT2D eigenvalue weighted by molar-refractivity contribution is 0.125. The van der Waals surface area contributed by atoms with Crippen molar-refractivity contribution in [1.29, 1.82) is 0 Å². The van der Waals surface area contributed by atoms with Crippen LogP contribution in [0.4, 0.5) is 4.39 Å². The van der Waals surface area contributed by atoms with E-state index in [1.807, 2.05) is 27.7 Å². The van der Waals surface area contributed by atoms with E-state index in [-0.39, 0.29) is 12.0 Å². The van der Waals surface area contributed by atoms with Crippen LogP contribution in [0.5, 0.6) is 0 Å². The molecule has 0 aromatic heterocycles. The van der Waals surface area contributed by atoms with Crippen LogP contribution < -0.4 is 5.32 Å². The molecule has 0 aromatic rings. The summed E-state index contributed by atoms with van der Waals surface area (Å²) >= 11 is 0. The van der Waals surface area contributed by atoms with E-state index in [4.69, 9.17) is 0 Å². The normalized spacial score (nSPS) is 41.5. The van der Waals surface area contributed by atoms with Gasteiger partial charge >= 0.3 is 0 Å². The molecule has 4 unspecified atom stereocenters. The van der Waals surface area contributed by atoms with Gasteiger partial charge < -0.3 is 5.32 Å². The molecule has 1 nitrogen and oxygen atoms in total. The van der Waals surface area contributed by atoms with Crippen molar-refractivity contribution in [2.24, 2.45) is 5.92 Å². The van der Waals surface area contributed by atoms with Crippen molar-refractivity contribution >= 4 is 0 Å². The zero-order valence-corrected chi connectivity index (χ0v) is 8.89. The predicted molar refractivity (Wildman–Crippen MR) is 52.1 cm³/mol. The maximum Gasteiger partial charge on any atom is 0.118 e. The fourth-order valence-electron chi connectivity index (χ4n) is 1.79. The summed E-state index contributed by atoms with van der Waals surface area (Å²) in [4.78, 5) is 0. The molecule has 0 bridgehead atoms. The van der Waals surface area contributed by atoms with E-state index in [0.717, 1.165) is 6.42 Å². The van der Waals surface area contributed by atoms with Gasteiger partial charge in [0.25, 0.3) is 0 Å². The molecule has 0 aromatic carbocycles. The van der Waals surface area contributed by atoms with Gasteiger partial charge in [-0.3, -0.25) is 0 Å². The lowest BCUT2D eigenvalue weighted by atomic mass is 9.89. The Morgan fingerprint density at radius 2 is 1.67 bits per heavy atom. The van der Waals surface area contributed by atoms with Crippen LogP contribution in [0.15, 0.2) is 0 Å². The summed E-state index contributed by atoms with van der Waals surface area (Å²) in [5.41, 5.74) is 0. The first-order chi connectivity index (χ1) is 5.61. The number of hydrogen-bond acceptors (Lipinski definition) is 1. The average Bonchev–Trinajstić information content (AvgIpc) is 2.04. The second-order valence-corrected chi connectivity index (χ2v) is 3.51. The highest BCUT2D eigenvalue weighted by Gasteiger charge is 2.30. The SMILES string of the molecule is CC.CC1CC(C)C(F)C(C)N1. The second kappa shape index (κ2) is 5.52. The Morgan fingerprint density at radius 3 is 2.08 bits per heavy atom. The third-order valence-electron chi connectivity index (χ3n) is 2.29. The minimum absolute atomic E-state index is 0.0405. The van der Waals surface area contributed by atoms with Gasteiger partial charge in [0.1, 0.15) is 6.17 Å². The van der Waals surface area contributed by atoms with Crippen molar-refractivity contribution in [2.45, 2.75) is 59.3 Å². The van der Waals surface area contributed by atoms with Gasteiger partial charge in [-0.2, -0.15) is 0 Å². The summed E-state index contributed by atoms with van der Waals surface area (Å²) in [7, 11) is 0. The Morgan fingerprint density at radius 1 is 1.17 bits per heavy atom. The number of nitrogens with one attached hydrogen (secondary N) is 1. The van der Waals surface area contributed by atoms with Crippen LogP contribution >= 0.6 is 0 Å². The van der Waals surface area contributed by atoms with E-state index in [9.17, 15) is 4.39 Å². The Hall–Kier alpha value is -0.110. The van der Waals surface area contributed by atoms with Crippen LogP contribution in [0, 0.1) is 5.92 Å². The Bertz CT molecular complexity index is 104. The van der Waals surface area contributed by atoms with E-state index in [0.29, 0.717) is 6.04 Å². The van der Waals surface area contributed by atoms with E-state index >= 15 is 0 Å². The Balaban J connectivity index is 0.000000561. The topological polar surface area (TPSA) is 12.0 Å². The van der Waals surface area contributed by atoms with Crippen LogP contribution in [0.25, 0.3) is 0 Å². The van der Waals surface area contributed by atoms with Gasteiger partial charge in [0.2, 0.25) is 0 Å². The minimum Gasteiger partial charge on any atom is -0.309 e. The van der Waals surface area contributed by atoms with Crippen molar-refractivity contribution in [3.05, 3.63) is 0 Å². The molecule has 2 heteroatoms. The Kier molecular flexibility index (Phi) is 5.47. The molecule has 1 rings (SSSR count). The maximum absolute atomic E-state index is 13.1. The van der Waals surface area contributed by atoms with Gasteiger partial charge in [0.05, 0.1) is 0 Å². The van der Waals surface area contributed by atoms with Crippen molar-refractivity contribution in [2.75, 3.05) is 0 Å². The molecule has 74 valence electrons. The van der Waals surface area contributed by atoms with E-state index in [1.54, 1.807) is 0 Å². The van der Waals surface area contributed by atoms with Crippen molar-refractivity contribution in [3.63, 3.8) is 0 Å². The molecular formula is C10H22FN. The van der Waals surface area contributed by atoms with Crippen molar-refractivity contribution in [3.8, 4) is 0 Å². The average molecular weight is 175 g/mol. The summed E-state index contributed by atoms with van der Waals surface area (Å²) in [5, 5.41) is 3.18. The number of alkyl halides is 1. The maximum atomic E-state index is 13.1. The molecule has 1 fully saturated rings. The standard InChI is InChI=1S/C8H16FN.C2H6/c1-5-4-6(2)10-7(3)8(5)9;1-2/h5-8,10H,4H2,1-3H3;1-2H3. The van der Waals surface area contributed by atoms with Crippen molar-refractivity contribution < 1.29 is 4.39 Å². The number of rotatable bonds is 0. The molecule has 1 aliphatic heterocycles. The highest BCUT2D eigenvalue weighted by Crippen LogP contribution is 2.22. The van der Waals surface area contributed by atoms with Gasteiger partial charge in [-0.15, -0.1) is 0 Å². The summed E-state index contributed by atoms with van der Waals surface area (Å²) < 4.78 is 13.1. The van der Waals surface area contributed by atoms with Crippen LogP contribution in [0.2, 0.25) is 0 Å².